The lowest BCUT2D eigenvalue weighted by Gasteiger charge is -2.10. The number of nitro groups is 1. The molecule has 0 bridgehead atoms. The van der Waals surface area contributed by atoms with Crippen molar-refractivity contribution in [3.63, 3.8) is 0 Å². The molecule has 2 rings (SSSR count). The largest absolute Gasteiger partial charge is 0.496 e. The summed E-state index contributed by atoms with van der Waals surface area (Å²) >= 11 is 0. The minimum atomic E-state index is -4.55. The van der Waals surface area contributed by atoms with Gasteiger partial charge in [-0.05, 0) is 24.3 Å². The summed E-state index contributed by atoms with van der Waals surface area (Å²) < 4.78 is 42.9. The maximum absolute atomic E-state index is 12.7. The van der Waals surface area contributed by atoms with Gasteiger partial charge in [-0.25, -0.2) is 0 Å². The van der Waals surface area contributed by atoms with Gasteiger partial charge in [0.1, 0.15) is 5.75 Å². The van der Waals surface area contributed by atoms with Crippen molar-refractivity contribution in [1.29, 1.82) is 0 Å². The van der Waals surface area contributed by atoms with Crippen LogP contribution in [0, 0.1) is 10.1 Å². The Labute approximate surface area is 134 Å². The minimum Gasteiger partial charge on any atom is -0.496 e. The number of ether oxygens (including phenoxy) is 1. The molecule has 0 unspecified atom stereocenters. The molecule has 0 fully saturated rings. The number of nitro benzene ring substituents is 1. The van der Waals surface area contributed by atoms with E-state index < -0.39 is 22.6 Å². The molecule has 2 aromatic rings. The summed E-state index contributed by atoms with van der Waals surface area (Å²) in [6, 6.07) is 7.44. The molecule has 6 nitrogen and oxygen atoms in total. The van der Waals surface area contributed by atoms with Crippen LogP contribution in [0.15, 0.2) is 42.5 Å². The van der Waals surface area contributed by atoms with Gasteiger partial charge in [0.2, 0.25) is 0 Å². The number of benzene rings is 2. The molecule has 1 N–H and O–H groups in total. The Balaban J connectivity index is 2.30. The van der Waals surface area contributed by atoms with Gasteiger partial charge in [0.15, 0.2) is 0 Å². The number of amides is 1. The van der Waals surface area contributed by atoms with Crippen LogP contribution >= 0.6 is 0 Å². The molecule has 0 aliphatic rings. The number of carbonyl (C=O) groups excluding carboxylic acids is 1. The lowest BCUT2D eigenvalue weighted by atomic mass is 10.1. The molecule has 24 heavy (non-hydrogen) atoms. The first kappa shape index (κ1) is 17.3. The SMILES string of the molecule is COc1cc(C(=O)Nc2cccc(C(F)(F)F)c2)cc([N+](=O)[O-])c1. The van der Waals surface area contributed by atoms with Crippen molar-refractivity contribution >= 4 is 17.3 Å². The highest BCUT2D eigenvalue weighted by molar-refractivity contribution is 6.05. The lowest BCUT2D eigenvalue weighted by molar-refractivity contribution is -0.384. The summed E-state index contributed by atoms with van der Waals surface area (Å²) in [6.07, 6.45) is -4.55. The quantitative estimate of drug-likeness (QED) is 0.676. The number of nitrogens with zero attached hydrogens (tertiary/aromatic N) is 1. The highest BCUT2D eigenvalue weighted by Crippen LogP contribution is 2.31. The summed E-state index contributed by atoms with van der Waals surface area (Å²) in [5.74, 6) is -0.713. The van der Waals surface area contributed by atoms with Crippen LogP contribution in [-0.4, -0.2) is 17.9 Å². The molecule has 126 valence electrons. The number of anilines is 1. The van der Waals surface area contributed by atoms with Crippen molar-refractivity contribution < 1.29 is 27.6 Å². The van der Waals surface area contributed by atoms with Gasteiger partial charge >= 0.3 is 6.18 Å². The fourth-order valence-corrected chi connectivity index (χ4v) is 1.91. The van der Waals surface area contributed by atoms with Crippen LogP contribution in [0.25, 0.3) is 0 Å². The average Bonchev–Trinajstić information content (AvgIpc) is 2.53. The second-order valence-electron chi connectivity index (χ2n) is 4.71. The van der Waals surface area contributed by atoms with E-state index in [-0.39, 0.29) is 22.7 Å². The highest BCUT2D eigenvalue weighted by atomic mass is 19.4. The summed E-state index contributed by atoms with van der Waals surface area (Å²) in [5, 5.41) is 13.1. The van der Waals surface area contributed by atoms with Crippen molar-refractivity contribution in [2.45, 2.75) is 6.18 Å². The van der Waals surface area contributed by atoms with Gasteiger partial charge in [0.05, 0.1) is 29.2 Å². The topological polar surface area (TPSA) is 81.5 Å². The summed E-state index contributed by atoms with van der Waals surface area (Å²) in [5.41, 5.74) is -1.49. The van der Waals surface area contributed by atoms with Crippen LogP contribution in [0.2, 0.25) is 0 Å². The summed E-state index contributed by atoms with van der Waals surface area (Å²) in [6.45, 7) is 0. The molecule has 0 heterocycles. The Hall–Kier alpha value is -3.10. The number of hydrogen-bond donors (Lipinski definition) is 1. The maximum Gasteiger partial charge on any atom is 0.416 e. The molecule has 9 heteroatoms. The predicted octanol–water partition coefficient (Wildman–Crippen LogP) is 3.87. The number of non-ortho nitro benzene ring substituents is 1. The third-order valence-corrected chi connectivity index (χ3v) is 3.05. The standard InChI is InChI=1S/C15H11F3N2O4/c1-24-13-6-9(5-12(8-13)20(22)23)14(21)19-11-4-2-3-10(7-11)15(16,17)18/h2-8H,1H3,(H,19,21). The van der Waals surface area contributed by atoms with Gasteiger partial charge < -0.3 is 10.1 Å². The molecule has 2 aromatic carbocycles. The van der Waals surface area contributed by atoms with Gasteiger partial charge in [-0.2, -0.15) is 13.2 Å². The Morgan fingerprint density at radius 2 is 1.92 bits per heavy atom. The van der Waals surface area contributed by atoms with Crippen molar-refractivity contribution in [3.8, 4) is 5.75 Å². The molecule has 0 spiro atoms. The fourth-order valence-electron chi connectivity index (χ4n) is 1.91. The second-order valence-corrected chi connectivity index (χ2v) is 4.71. The van der Waals surface area contributed by atoms with E-state index in [9.17, 15) is 28.1 Å². The smallest absolute Gasteiger partial charge is 0.416 e. The molecular formula is C15H11F3N2O4. The van der Waals surface area contributed by atoms with Crippen molar-refractivity contribution in [3.05, 3.63) is 63.7 Å². The van der Waals surface area contributed by atoms with Gasteiger partial charge in [-0.15, -0.1) is 0 Å². The molecule has 0 saturated carbocycles. The van der Waals surface area contributed by atoms with Crippen LogP contribution in [0.3, 0.4) is 0 Å². The number of alkyl halides is 3. The number of rotatable bonds is 4. The summed E-state index contributed by atoms with van der Waals surface area (Å²) in [7, 11) is 1.27. The van der Waals surface area contributed by atoms with Crippen LogP contribution in [0.5, 0.6) is 5.75 Å². The number of hydrogen-bond acceptors (Lipinski definition) is 4. The fraction of sp³-hybridized carbons (Fsp3) is 0.133. The van der Waals surface area contributed by atoms with Crippen molar-refractivity contribution in [1.82, 2.24) is 0 Å². The molecule has 0 atom stereocenters. The Morgan fingerprint density at radius 3 is 2.50 bits per heavy atom. The lowest BCUT2D eigenvalue weighted by Crippen LogP contribution is -2.13. The number of nitrogens with one attached hydrogen (secondary N) is 1. The van der Waals surface area contributed by atoms with E-state index in [4.69, 9.17) is 4.74 Å². The van der Waals surface area contributed by atoms with E-state index in [1.54, 1.807) is 0 Å². The molecule has 0 aromatic heterocycles. The molecule has 0 aliphatic carbocycles. The van der Waals surface area contributed by atoms with Crippen LogP contribution in [0.1, 0.15) is 15.9 Å². The normalized spacial score (nSPS) is 11.0. The first-order valence-corrected chi connectivity index (χ1v) is 6.53. The van der Waals surface area contributed by atoms with Crippen molar-refractivity contribution in [2.75, 3.05) is 12.4 Å². The van der Waals surface area contributed by atoms with Crippen LogP contribution in [0.4, 0.5) is 24.5 Å². The maximum atomic E-state index is 12.7. The molecule has 0 radical (unpaired) electrons. The van der Waals surface area contributed by atoms with E-state index in [1.165, 1.54) is 19.2 Å². The van der Waals surface area contributed by atoms with Gasteiger partial charge in [0.25, 0.3) is 11.6 Å². The number of halogens is 3. The molecule has 0 aliphatic heterocycles. The Bertz CT molecular complexity index is 791. The zero-order valence-corrected chi connectivity index (χ0v) is 12.3. The highest BCUT2D eigenvalue weighted by Gasteiger charge is 2.30. The molecule has 1 amide bonds. The van der Waals surface area contributed by atoms with Gasteiger partial charge in [0, 0.05) is 11.8 Å². The second kappa shape index (κ2) is 6.57. The van der Waals surface area contributed by atoms with Crippen LogP contribution < -0.4 is 10.1 Å². The first-order chi connectivity index (χ1) is 11.2. The Morgan fingerprint density at radius 1 is 1.21 bits per heavy atom. The van der Waals surface area contributed by atoms with E-state index in [0.717, 1.165) is 30.3 Å². The Kier molecular flexibility index (Phi) is 4.72. The zero-order valence-electron chi connectivity index (χ0n) is 12.3. The predicted molar refractivity (Wildman–Crippen MR) is 79.0 cm³/mol. The third-order valence-electron chi connectivity index (χ3n) is 3.05. The minimum absolute atomic E-state index is 0.0818. The summed E-state index contributed by atoms with van der Waals surface area (Å²) in [4.78, 5) is 22.3. The van der Waals surface area contributed by atoms with E-state index in [0.29, 0.717) is 0 Å². The average molecular weight is 340 g/mol. The van der Waals surface area contributed by atoms with E-state index >= 15 is 0 Å². The van der Waals surface area contributed by atoms with E-state index in [2.05, 4.69) is 5.32 Å². The zero-order chi connectivity index (χ0) is 17.9. The molecular weight excluding hydrogens is 329 g/mol. The van der Waals surface area contributed by atoms with Gasteiger partial charge in [-0.3, -0.25) is 14.9 Å². The van der Waals surface area contributed by atoms with Crippen LogP contribution in [-0.2, 0) is 6.18 Å². The van der Waals surface area contributed by atoms with E-state index in [1.807, 2.05) is 0 Å². The number of methoxy groups -OCH3 is 1. The third kappa shape index (κ3) is 4.00. The monoisotopic (exact) mass is 340 g/mol. The number of carbonyl (C=O) groups is 1. The van der Waals surface area contributed by atoms with Gasteiger partial charge in [-0.1, -0.05) is 6.07 Å². The van der Waals surface area contributed by atoms with Crippen molar-refractivity contribution in [2.24, 2.45) is 0 Å². The first-order valence-electron chi connectivity index (χ1n) is 6.53. The molecule has 0 saturated heterocycles.